The van der Waals surface area contributed by atoms with Gasteiger partial charge in [0.05, 0.1) is 17.0 Å². The number of aryl methyl sites for hydroxylation is 1. The lowest BCUT2D eigenvalue weighted by Crippen LogP contribution is -2.21. The first-order chi connectivity index (χ1) is 14.4. The van der Waals surface area contributed by atoms with Crippen LogP contribution in [0.15, 0.2) is 48.7 Å². The molecule has 5 rings (SSSR count). The van der Waals surface area contributed by atoms with Crippen LogP contribution >= 0.6 is 11.6 Å². The fourth-order valence-electron chi connectivity index (χ4n) is 4.15. The first-order valence-corrected chi connectivity index (χ1v) is 9.91. The Morgan fingerprint density at radius 1 is 1.07 bits per heavy atom. The number of fused-ring (bicyclic) bond motifs is 2. The molecule has 4 nitrogen and oxygen atoms in total. The van der Waals surface area contributed by atoms with Gasteiger partial charge in [-0.1, -0.05) is 23.7 Å². The topological polar surface area (TPSA) is 47.3 Å². The molecule has 0 radical (unpaired) electrons. The molecule has 4 aromatic rings. The van der Waals surface area contributed by atoms with Gasteiger partial charge in [-0.2, -0.15) is 5.10 Å². The second-order valence-electron chi connectivity index (χ2n) is 7.57. The molecular formula is C23H16ClF2N3O. The Balaban J connectivity index is 1.63. The molecule has 30 heavy (non-hydrogen) atoms. The Bertz CT molecular complexity index is 1290. The first kappa shape index (κ1) is 18.9. The Morgan fingerprint density at radius 3 is 2.47 bits per heavy atom. The molecule has 2 aromatic carbocycles. The van der Waals surface area contributed by atoms with Crippen molar-refractivity contribution in [2.75, 3.05) is 0 Å². The van der Waals surface area contributed by atoms with Crippen molar-refractivity contribution in [3.63, 3.8) is 0 Å². The van der Waals surface area contributed by atoms with E-state index in [0.29, 0.717) is 33.9 Å². The lowest BCUT2D eigenvalue weighted by atomic mass is 9.82. The minimum absolute atomic E-state index is 0.110. The van der Waals surface area contributed by atoms with Gasteiger partial charge >= 0.3 is 0 Å². The maximum atomic E-state index is 13.7. The lowest BCUT2D eigenvalue weighted by Gasteiger charge is -2.23. The van der Waals surface area contributed by atoms with E-state index in [9.17, 15) is 13.6 Å². The van der Waals surface area contributed by atoms with Crippen molar-refractivity contribution in [2.24, 2.45) is 0 Å². The molecule has 0 spiro atoms. The van der Waals surface area contributed by atoms with Crippen molar-refractivity contribution in [3.05, 3.63) is 87.8 Å². The van der Waals surface area contributed by atoms with Crippen LogP contribution in [0, 0.1) is 18.6 Å². The van der Waals surface area contributed by atoms with Crippen LogP contribution in [-0.4, -0.2) is 20.4 Å². The number of carbonyl (C=O) groups excluding carboxylic acids is 1. The summed E-state index contributed by atoms with van der Waals surface area (Å²) in [7, 11) is 0. The number of Topliss-reactive ketones (excluding diaryl/α,β-unsaturated/α-hetero) is 1. The zero-order valence-corrected chi connectivity index (χ0v) is 16.8. The number of hydrogen-bond donors (Lipinski definition) is 0. The quantitative estimate of drug-likeness (QED) is 0.424. The van der Waals surface area contributed by atoms with Gasteiger partial charge in [0, 0.05) is 29.3 Å². The number of halogens is 3. The first-order valence-electron chi connectivity index (χ1n) is 9.53. The van der Waals surface area contributed by atoms with Gasteiger partial charge in [0.1, 0.15) is 11.6 Å². The summed E-state index contributed by atoms with van der Waals surface area (Å²) in [5.41, 5.74) is 4.78. The smallest absolute Gasteiger partial charge is 0.166 e. The highest BCUT2D eigenvalue weighted by Crippen LogP contribution is 2.35. The number of aromatic nitrogens is 3. The van der Waals surface area contributed by atoms with Gasteiger partial charge < -0.3 is 0 Å². The molecule has 2 heterocycles. The minimum atomic E-state index is -0.650. The normalized spacial score (nSPS) is 16.1. The van der Waals surface area contributed by atoms with Gasteiger partial charge in [0.15, 0.2) is 11.4 Å². The molecule has 0 amide bonds. The molecule has 7 heteroatoms. The van der Waals surface area contributed by atoms with Crippen molar-refractivity contribution in [1.29, 1.82) is 0 Å². The largest absolute Gasteiger partial charge is 0.294 e. The fourth-order valence-corrected chi connectivity index (χ4v) is 4.27. The zero-order valence-electron chi connectivity index (χ0n) is 16.0. The van der Waals surface area contributed by atoms with Crippen molar-refractivity contribution in [1.82, 2.24) is 14.6 Å². The van der Waals surface area contributed by atoms with Gasteiger partial charge in [-0.25, -0.2) is 18.3 Å². The van der Waals surface area contributed by atoms with Gasteiger partial charge in [-0.3, -0.25) is 4.79 Å². The van der Waals surface area contributed by atoms with Crippen LogP contribution in [0.3, 0.4) is 0 Å². The van der Waals surface area contributed by atoms with E-state index >= 15 is 0 Å². The maximum Gasteiger partial charge on any atom is 0.166 e. The minimum Gasteiger partial charge on any atom is -0.294 e. The zero-order chi connectivity index (χ0) is 21.0. The number of nitrogens with zero attached hydrogens (tertiary/aromatic N) is 3. The summed E-state index contributed by atoms with van der Waals surface area (Å²) < 4.78 is 29.0. The SMILES string of the molecule is Cc1nn2cc3c(nc2c1-c1ccc(Cl)cc1)CC(c1cc(F)cc(F)c1)CC3=O. The van der Waals surface area contributed by atoms with Gasteiger partial charge in [-0.05, 0) is 54.7 Å². The van der Waals surface area contributed by atoms with Gasteiger partial charge in [0.25, 0.3) is 0 Å². The summed E-state index contributed by atoms with van der Waals surface area (Å²) in [4.78, 5) is 17.6. The Kier molecular flexibility index (Phi) is 4.40. The molecule has 1 atom stereocenters. The molecule has 1 aliphatic rings. The van der Waals surface area contributed by atoms with Crippen molar-refractivity contribution in [2.45, 2.75) is 25.7 Å². The molecule has 150 valence electrons. The highest BCUT2D eigenvalue weighted by Gasteiger charge is 2.29. The van der Waals surface area contributed by atoms with E-state index in [1.54, 1.807) is 22.8 Å². The summed E-state index contributed by atoms with van der Waals surface area (Å²) in [6.45, 7) is 1.89. The molecule has 2 aromatic heterocycles. The maximum absolute atomic E-state index is 13.7. The summed E-state index contributed by atoms with van der Waals surface area (Å²) in [5.74, 6) is -1.74. The highest BCUT2D eigenvalue weighted by molar-refractivity contribution is 6.30. The highest BCUT2D eigenvalue weighted by atomic mass is 35.5. The third-order valence-electron chi connectivity index (χ3n) is 5.52. The predicted octanol–water partition coefficient (Wildman–Crippen LogP) is 5.55. The number of ketones is 1. The molecule has 0 bridgehead atoms. The standard InChI is InChI=1S/C23H16ClF2N3O/c1-12-22(13-2-4-16(24)5-3-13)23-27-20-8-15(14-6-17(25)10-18(26)7-14)9-21(30)19(20)11-29(23)28-12/h2-7,10-11,15H,8-9H2,1H3. The second-order valence-corrected chi connectivity index (χ2v) is 8.00. The van der Waals surface area contributed by atoms with Crippen LogP contribution in [0.25, 0.3) is 16.8 Å². The van der Waals surface area contributed by atoms with Crippen LogP contribution in [0.1, 0.15) is 39.6 Å². The van der Waals surface area contributed by atoms with Crippen LogP contribution in [0.4, 0.5) is 8.78 Å². The van der Waals surface area contributed by atoms with Crippen molar-refractivity contribution >= 4 is 23.0 Å². The molecule has 0 saturated heterocycles. The van der Waals surface area contributed by atoms with Crippen LogP contribution in [-0.2, 0) is 6.42 Å². The summed E-state index contributed by atoms with van der Waals surface area (Å²) in [5, 5.41) is 5.16. The summed E-state index contributed by atoms with van der Waals surface area (Å²) in [6, 6.07) is 10.8. The molecule has 0 saturated carbocycles. The van der Waals surface area contributed by atoms with Gasteiger partial charge in [-0.15, -0.1) is 0 Å². The van der Waals surface area contributed by atoms with E-state index in [1.807, 2.05) is 19.1 Å². The van der Waals surface area contributed by atoms with Crippen LogP contribution < -0.4 is 0 Å². The lowest BCUT2D eigenvalue weighted by molar-refractivity contribution is 0.0962. The summed E-state index contributed by atoms with van der Waals surface area (Å²) in [6.07, 6.45) is 2.30. The average molecular weight is 424 g/mol. The molecule has 1 unspecified atom stereocenters. The average Bonchev–Trinajstić information content (AvgIpc) is 3.01. The van der Waals surface area contributed by atoms with Crippen LogP contribution in [0.2, 0.25) is 5.02 Å². The van der Waals surface area contributed by atoms with Gasteiger partial charge in [0.2, 0.25) is 0 Å². The van der Waals surface area contributed by atoms with Crippen LogP contribution in [0.5, 0.6) is 0 Å². The Labute approximate surface area is 176 Å². The number of rotatable bonds is 2. The third kappa shape index (κ3) is 3.17. The van der Waals surface area contributed by atoms with E-state index < -0.39 is 11.6 Å². The van der Waals surface area contributed by atoms with Crippen molar-refractivity contribution < 1.29 is 13.6 Å². The van der Waals surface area contributed by atoms with Crippen molar-refractivity contribution in [3.8, 4) is 11.1 Å². The molecule has 0 aliphatic heterocycles. The van der Waals surface area contributed by atoms with E-state index in [1.165, 1.54) is 12.1 Å². The van der Waals surface area contributed by atoms with E-state index in [-0.39, 0.29) is 18.1 Å². The van der Waals surface area contributed by atoms with E-state index in [0.717, 1.165) is 22.9 Å². The number of benzene rings is 2. The molecule has 0 fully saturated rings. The summed E-state index contributed by atoms with van der Waals surface area (Å²) >= 11 is 6.01. The second kappa shape index (κ2) is 6.99. The molecule has 0 N–H and O–H groups in total. The number of carbonyl (C=O) groups is 1. The molecular weight excluding hydrogens is 408 g/mol. The van der Waals surface area contributed by atoms with E-state index in [4.69, 9.17) is 16.6 Å². The third-order valence-corrected chi connectivity index (χ3v) is 5.78. The molecule has 1 aliphatic carbocycles. The fraction of sp³-hybridized carbons (Fsp3) is 0.174. The predicted molar refractivity (Wildman–Crippen MR) is 110 cm³/mol. The monoisotopic (exact) mass is 423 g/mol. The Hall–Kier alpha value is -3.12. The number of hydrogen-bond acceptors (Lipinski definition) is 3. The van der Waals surface area contributed by atoms with E-state index in [2.05, 4.69) is 5.10 Å². The Morgan fingerprint density at radius 2 is 1.77 bits per heavy atom.